The van der Waals surface area contributed by atoms with Gasteiger partial charge in [-0.1, -0.05) is 13.0 Å². The third-order valence-corrected chi connectivity index (χ3v) is 5.88. The van der Waals surface area contributed by atoms with Crippen LogP contribution < -0.4 is 4.90 Å². The summed E-state index contributed by atoms with van der Waals surface area (Å²) in [6.45, 7) is 7.03. The molecule has 7 nitrogen and oxygen atoms in total. The molecule has 0 bridgehead atoms. The van der Waals surface area contributed by atoms with Gasteiger partial charge >= 0.3 is 0 Å². The summed E-state index contributed by atoms with van der Waals surface area (Å²) >= 11 is 0. The van der Waals surface area contributed by atoms with E-state index in [-0.39, 0.29) is 42.4 Å². The summed E-state index contributed by atoms with van der Waals surface area (Å²) in [6.07, 6.45) is -0.789. The first-order chi connectivity index (χ1) is 16.8. The average Bonchev–Trinajstić information content (AvgIpc) is 3.51. The second-order valence-corrected chi connectivity index (χ2v) is 8.28. The minimum atomic E-state index is -4.25. The molecular formula is C25H26F3N5NpO2-2. The molecule has 191 valence electrons. The zero-order chi connectivity index (χ0) is 24.8. The Bertz CT molecular complexity index is 1150. The average molecular weight is 723 g/mol. The smallest absolute Gasteiger partial charge is 0.270 e. The number of carbonyl (C=O) groups excluding carboxylic acids is 1. The van der Waals surface area contributed by atoms with Crippen molar-refractivity contribution in [2.75, 3.05) is 44.3 Å². The third-order valence-electron chi connectivity index (χ3n) is 5.88. The van der Waals surface area contributed by atoms with Gasteiger partial charge in [-0.3, -0.25) is 4.79 Å². The van der Waals surface area contributed by atoms with Crippen LogP contribution in [0.15, 0.2) is 49.3 Å². The van der Waals surface area contributed by atoms with Crippen molar-refractivity contribution in [3.05, 3.63) is 61.8 Å². The normalized spacial score (nSPS) is 17.8. The maximum atomic E-state index is 11.9. The van der Waals surface area contributed by atoms with Gasteiger partial charge in [0.15, 0.2) is 0 Å². The molecular weight excluding hydrogens is 696 g/mol. The van der Waals surface area contributed by atoms with Gasteiger partial charge in [0.1, 0.15) is 17.8 Å². The Morgan fingerprint density at radius 3 is 2.61 bits per heavy atom. The topological polar surface area (TPSA) is 74.3 Å². The number of anilines is 1. The number of fused-ring (bicyclic) bond motifs is 1. The Morgan fingerprint density at radius 1 is 1.22 bits per heavy atom. The maximum Gasteiger partial charge on any atom is 0.270 e. The molecule has 0 saturated carbocycles. The summed E-state index contributed by atoms with van der Waals surface area (Å²) in [4.78, 5) is 26.9. The van der Waals surface area contributed by atoms with Crippen molar-refractivity contribution in [3.63, 3.8) is 0 Å². The van der Waals surface area contributed by atoms with E-state index in [1.807, 2.05) is 24.3 Å². The van der Waals surface area contributed by atoms with E-state index in [0.29, 0.717) is 19.4 Å². The number of carbonyl (C=O) groups is 1. The Morgan fingerprint density at radius 2 is 1.94 bits per heavy atom. The Balaban J connectivity index is 0.000000212. The largest absolute Gasteiger partial charge is 0.378 e. The number of nitrogens with zero attached hydrogens (tertiary/aromatic N) is 4. The fourth-order valence-electron chi connectivity index (χ4n) is 4.20. The van der Waals surface area contributed by atoms with Crippen LogP contribution in [0.4, 0.5) is 19.0 Å². The quantitative estimate of drug-likeness (QED) is 0.326. The van der Waals surface area contributed by atoms with E-state index in [0.717, 1.165) is 60.5 Å². The Hall–Kier alpha value is -2.39. The number of rotatable bonds is 4. The minimum Gasteiger partial charge on any atom is -0.378 e. The fraction of sp³-hybridized carbons (Fsp3) is 0.360. The van der Waals surface area contributed by atoms with Crippen LogP contribution in [0.1, 0.15) is 6.42 Å². The number of alkyl halides is 3. The van der Waals surface area contributed by atoms with Crippen LogP contribution in [-0.4, -0.2) is 71.3 Å². The molecule has 1 atom stereocenters. The van der Waals surface area contributed by atoms with Gasteiger partial charge in [0.2, 0.25) is 5.91 Å². The molecule has 2 fully saturated rings. The number of amides is 1. The molecule has 1 radical (unpaired) electrons. The van der Waals surface area contributed by atoms with E-state index in [1.165, 1.54) is 4.90 Å². The van der Waals surface area contributed by atoms with Crippen LogP contribution >= 0.6 is 0 Å². The number of halogens is 3. The number of ether oxygens (including phenoxy) is 1. The number of morpholine rings is 1. The molecule has 4 heterocycles. The van der Waals surface area contributed by atoms with Crippen molar-refractivity contribution in [2.24, 2.45) is 5.92 Å². The summed E-state index contributed by atoms with van der Waals surface area (Å²) in [7, 11) is 0. The molecule has 0 aliphatic carbocycles. The molecule has 3 aromatic rings. The van der Waals surface area contributed by atoms with E-state index >= 15 is 0 Å². The molecule has 0 unspecified atom stereocenters. The number of nitrogens with one attached hydrogen (secondary N) is 1. The van der Waals surface area contributed by atoms with E-state index < -0.39 is 12.1 Å². The molecule has 11 heteroatoms. The van der Waals surface area contributed by atoms with Gasteiger partial charge in [-0.2, -0.15) is 30.3 Å². The van der Waals surface area contributed by atoms with Crippen molar-refractivity contribution in [1.82, 2.24) is 19.9 Å². The summed E-state index contributed by atoms with van der Waals surface area (Å²) in [5.74, 6) is 0.107. The molecule has 1 N–H and O–H groups in total. The SMILES string of the molecule is C=CC(=O)N1CC[C@H]([CH-]C(F)(F)F)C1.[Np].[c-]1ccc(-c2cc3c(N4CCOCC4)ncnc3[nH]2)cc1. The van der Waals surface area contributed by atoms with E-state index in [9.17, 15) is 18.0 Å². The minimum absolute atomic E-state index is 0. The first-order valence-corrected chi connectivity index (χ1v) is 11.3. The number of hydrogen-bond acceptors (Lipinski definition) is 5. The van der Waals surface area contributed by atoms with Gasteiger partial charge in [0.05, 0.1) is 18.6 Å². The van der Waals surface area contributed by atoms with Crippen molar-refractivity contribution in [1.29, 1.82) is 0 Å². The van der Waals surface area contributed by atoms with Crippen LogP contribution in [0.3, 0.4) is 0 Å². The van der Waals surface area contributed by atoms with Crippen molar-refractivity contribution in [2.45, 2.75) is 12.6 Å². The number of benzene rings is 1. The van der Waals surface area contributed by atoms with Crippen LogP contribution in [0.25, 0.3) is 22.3 Å². The first-order valence-electron chi connectivity index (χ1n) is 11.3. The number of H-pyrrole nitrogens is 1. The van der Waals surface area contributed by atoms with E-state index in [1.54, 1.807) is 6.33 Å². The predicted octanol–water partition coefficient (Wildman–Crippen LogP) is 4.05. The summed E-state index contributed by atoms with van der Waals surface area (Å²) in [5.41, 5.74) is 3.04. The molecule has 1 aromatic carbocycles. The fourth-order valence-corrected chi connectivity index (χ4v) is 4.20. The molecule has 5 rings (SSSR count). The van der Waals surface area contributed by atoms with Crippen LogP contribution in [0.5, 0.6) is 0 Å². The summed E-state index contributed by atoms with van der Waals surface area (Å²) in [5, 5.41) is 1.06. The molecule has 36 heavy (non-hydrogen) atoms. The Kier molecular flexibility index (Phi) is 9.96. The van der Waals surface area contributed by atoms with Gasteiger partial charge in [-0.05, 0) is 18.7 Å². The second kappa shape index (κ2) is 12.7. The molecule has 0 spiro atoms. The Labute approximate surface area is 230 Å². The molecule has 2 aliphatic rings. The van der Waals surface area contributed by atoms with Gasteiger partial charge in [0, 0.05) is 55.3 Å². The van der Waals surface area contributed by atoms with Gasteiger partial charge in [-0.25, -0.2) is 29.6 Å². The van der Waals surface area contributed by atoms with Crippen molar-refractivity contribution < 1.29 is 52.6 Å². The van der Waals surface area contributed by atoms with Crippen LogP contribution in [0.2, 0.25) is 0 Å². The molecule has 2 aromatic heterocycles. The van der Waals surface area contributed by atoms with E-state index in [4.69, 9.17) is 4.74 Å². The maximum absolute atomic E-state index is 11.9. The summed E-state index contributed by atoms with van der Waals surface area (Å²) < 4.78 is 41.2. The zero-order valence-electron chi connectivity index (χ0n) is 19.5. The summed E-state index contributed by atoms with van der Waals surface area (Å²) in [6, 6.07) is 13.0. The van der Waals surface area contributed by atoms with Crippen LogP contribution in [-0.2, 0) is 9.53 Å². The zero-order valence-corrected chi connectivity index (χ0v) is 23.3. The third kappa shape index (κ3) is 7.32. The number of aromatic nitrogens is 3. The van der Waals surface area contributed by atoms with E-state index in [2.05, 4.69) is 38.6 Å². The second-order valence-electron chi connectivity index (χ2n) is 8.28. The van der Waals surface area contributed by atoms with Crippen molar-refractivity contribution in [3.8, 4) is 11.3 Å². The van der Waals surface area contributed by atoms with Gasteiger partial charge in [-0.15, -0.1) is 11.5 Å². The van der Waals surface area contributed by atoms with Crippen molar-refractivity contribution >= 4 is 22.8 Å². The van der Waals surface area contributed by atoms with Gasteiger partial charge < -0.3 is 19.5 Å². The van der Waals surface area contributed by atoms with Gasteiger partial charge in [0.25, 0.3) is 6.18 Å². The number of aromatic amines is 1. The predicted molar refractivity (Wildman–Crippen MR) is 126 cm³/mol. The number of hydrogen-bond donors (Lipinski definition) is 1. The standard InChI is InChI=1S/C16H15N4O.C9H11F3NO.Np/c1-2-4-12(5-3-1)14-10-13-15(19-14)17-11-18-16(13)20-6-8-21-9-7-20;1-2-8(14)13-4-3-7(6-13)5-9(10,11)12;/h2-5,10-11H,6-9H2,(H,17,18,19);2,5,7H,1,3-4,6H2;/q2*-1;/t;7-;/m.1./s1. The number of likely N-dealkylation sites (tertiary alicyclic amines) is 1. The molecule has 2 saturated heterocycles. The molecule has 1 amide bonds. The monoisotopic (exact) mass is 721 g/mol. The van der Waals surface area contributed by atoms with Crippen LogP contribution in [0, 0.1) is 48.3 Å². The first kappa shape index (κ1) is 28.2. The molecule has 2 aliphatic heterocycles.